The third-order valence-electron chi connectivity index (χ3n) is 5.93. The van der Waals surface area contributed by atoms with Gasteiger partial charge in [-0.05, 0) is 51.0 Å². The van der Waals surface area contributed by atoms with Gasteiger partial charge in [-0.3, -0.25) is 0 Å². The Bertz CT molecular complexity index is 1310. The van der Waals surface area contributed by atoms with E-state index in [9.17, 15) is 5.11 Å². The molecule has 1 aliphatic rings. The van der Waals surface area contributed by atoms with Crippen LogP contribution >= 0.6 is 0 Å². The van der Waals surface area contributed by atoms with Gasteiger partial charge in [-0.15, -0.1) is 0 Å². The SMILES string of the molecule is Cc1ccc(-c2nc(-c3ccc(C)cc3C)nc(-c3ccc(OCC4CO4)cc3O)n2)c(C)c1. The summed E-state index contributed by atoms with van der Waals surface area (Å²) in [5.74, 6) is 2.19. The normalized spacial score (nSPS) is 14.8. The van der Waals surface area contributed by atoms with Crippen LogP contribution in [0.15, 0.2) is 54.6 Å². The van der Waals surface area contributed by atoms with E-state index in [4.69, 9.17) is 24.4 Å². The molecule has 34 heavy (non-hydrogen) atoms. The lowest BCUT2D eigenvalue weighted by Crippen LogP contribution is -2.04. The van der Waals surface area contributed by atoms with Crippen LogP contribution in [0.2, 0.25) is 0 Å². The van der Waals surface area contributed by atoms with Crippen molar-refractivity contribution in [2.45, 2.75) is 33.8 Å². The fraction of sp³-hybridized carbons (Fsp3) is 0.250. The highest BCUT2D eigenvalue weighted by Gasteiger charge is 2.23. The van der Waals surface area contributed by atoms with Crippen LogP contribution in [0.3, 0.4) is 0 Å². The van der Waals surface area contributed by atoms with Gasteiger partial charge in [0.05, 0.1) is 12.2 Å². The first-order valence-corrected chi connectivity index (χ1v) is 11.4. The van der Waals surface area contributed by atoms with Crippen molar-refractivity contribution in [3.05, 3.63) is 76.9 Å². The Morgan fingerprint density at radius 2 is 1.26 bits per heavy atom. The summed E-state index contributed by atoms with van der Waals surface area (Å²) in [6.07, 6.45) is 0.144. The van der Waals surface area contributed by atoms with E-state index in [1.807, 2.05) is 18.2 Å². The van der Waals surface area contributed by atoms with Gasteiger partial charge < -0.3 is 14.6 Å². The zero-order chi connectivity index (χ0) is 23.8. The van der Waals surface area contributed by atoms with Crippen molar-refractivity contribution in [1.29, 1.82) is 0 Å². The smallest absolute Gasteiger partial charge is 0.167 e. The minimum Gasteiger partial charge on any atom is -0.507 e. The molecule has 6 heteroatoms. The third-order valence-corrected chi connectivity index (χ3v) is 5.93. The van der Waals surface area contributed by atoms with E-state index < -0.39 is 0 Å². The Balaban J connectivity index is 1.62. The second kappa shape index (κ2) is 8.88. The molecule has 0 amide bonds. The lowest BCUT2D eigenvalue weighted by atomic mass is 10.0. The first-order chi connectivity index (χ1) is 16.4. The predicted octanol–water partition coefficient (Wildman–Crippen LogP) is 5.59. The molecule has 3 aromatic carbocycles. The molecule has 1 aromatic heterocycles. The van der Waals surface area contributed by atoms with Crippen LogP contribution < -0.4 is 4.74 Å². The second-order valence-electron chi connectivity index (χ2n) is 8.89. The molecule has 6 nitrogen and oxygen atoms in total. The van der Waals surface area contributed by atoms with Crippen LogP contribution in [0.25, 0.3) is 34.2 Å². The third kappa shape index (κ3) is 4.63. The van der Waals surface area contributed by atoms with Gasteiger partial charge in [0.1, 0.15) is 24.2 Å². The quantitative estimate of drug-likeness (QED) is 0.383. The monoisotopic (exact) mass is 453 g/mol. The van der Waals surface area contributed by atoms with Gasteiger partial charge in [-0.2, -0.15) is 0 Å². The highest BCUT2D eigenvalue weighted by Crippen LogP contribution is 2.34. The number of rotatable bonds is 6. The maximum atomic E-state index is 10.8. The van der Waals surface area contributed by atoms with Gasteiger partial charge in [0, 0.05) is 17.2 Å². The van der Waals surface area contributed by atoms with Crippen molar-refractivity contribution in [3.63, 3.8) is 0 Å². The summed E-state index contributed by atoms with van der Waals surface area (Å²) >= 11 is 0. The van der Waals surface area contributed by atoms with Gasteiger partial charge in [0.15, 0.2) is 17.5 Å². The highest BCUT2D eigenvalue weighted by molar-refractivity contribution is 5.72. The van der Waals surface area contributed by atoms with Crippen molar-refractivity contribution >= 4 is 0 Å². The molecule has 1 unspecified atom stereocenters. The molecule has 1 aliphatic heterocycles. The van der Waals surface area contributed by atoms with Crippen LogP contribution in [0, 0.1) is 27.7 Å². The molecule has 2 heterocycles. The van der Waals surface area contributed by atoms with E-state index in [0.29, 0.717) is 35.4 Å². The summed E-state index contributed by atoms with van der Waals surface area (Å²) in [6.45, 7) is 9.42. The van der Waals surface area contributed by atoms with Crippen molar-refractivity contribution in [3.8, 4) is 45.7 Å². The topological polar surface area (TPSA) is 80.7 Å². The number of benzene rings is 3. The molecule has 1 N–H and O–H groups in total. The number of ether oxygens (including phenoxy) is 2. The van der Waals surface area contributed by atoms with Crippen LogP contribution in [-0.4, -0.2) is 39.4 Å². The molecule has 172 valence electrons. The van der Waals surface area contributed by atoms with Crippen molar-refractivity contribution in [2.75, 3.05) is 13.2 Å². The zero-order valence-electron chi connectivity index (χ0n) is 19.8. The van der Waals surface area contributed by atoms with Gasteiger partial charge in [-0.1, -0.05) is 47.5 Å². The van der Waals surface area contributed by atoms with Crippen LogP contribution in [0.5, 0.6) is 11.5 Å². The summed E-state index contributed by atoms with van der Waals surface area (Å²) in [4.78, 5) is 14.4. The standard InChI is InChI=1S/C28H27N3O3/c1-16-5-8-22(18(3)11-16)26-29-27(23-9-6-17(2)12-19(23)4)31-28(30-26)24-10-7-20(13-25(24)32)33-14-21-15-34-21/h5-13,21,32H,14-15H2,1-4H3. The predicted molar refractivity (Wildman–Crippen MR) is 132 cm³/mol. The van der Waals surface area contributed by atoms with Gasteiger partial charge in [0.25, 0.3) is 0 Å². The second-order valence-corrected chi connectivity index (χ2v) is 8.89. The van der Waals surface area contributed by atoms with Gasteiger partial charge in [-0.25, -0.2) is 15.0 Å². The van der Waals surface area contributed by atoms with Crippen molar-refractivity contribution in [2.24, 2.45) is 0 Å². The number of hydrogen-bond donors (Lipinski definition) is 1. The first-order valence-electron chi connectivity index (χ1n) is 11.4. The van der Waals surface area contributed by atoms with Crippen molar-refractivity contribution < 1.29 is 14.6 Å². The van der Waals surface area contributed by atoms with E-state index in [2.05, 4.69) is 52.0 Å². The molecule has 1 atom stereocenters. The van der Waals surface area contributed by atoms with Crippen LogP contribution in [0.4, 0.5) is 0 Å². The summed E-state index contributed by atoms with van der Waals surface area (Å²) in [5, 5.41) is 10.8. The Morgan fingerprint density at radius 1 is 0.765 bits per heavy atom. The molecule has 0 saturated carbocycles. The minimum absolute atomic E-state index is 0.0542. The Kier molecular flexibility index (Phi) is 5.75. The average molecular weight is 454 g/mol. The summed E-state index contributed by atoms with van der Waals surface area (Å²) in [7, 11) is 0. The number of phenols is 1. The molecule has 1 fully saturated rings. The Labute approximate surface area is 199 Å². The largest absolute Gasteiger partial charge is 0.507 e. The molecule has 4 aromatic rings. The molecule has 1 saturated heterocycles. The molecule has 0 spiro atoms. The van der Waals surface area contributed by atoms with E-state index in [1.54, 1.807) is 12.1 Å². The lowest BCUT2D eigenvalue weighted by molar-refractivity contribution is 0.262. The van der Waals surface area contributed by atoms with Crippen LogP contribution in [0.1, 0.15) is 22.3 Å². The minimum atomic E-state index is 0.0542. The zero-order valence-corrected chi connectivity index (χ0v) is 19.8. The van der Waals surface area contributed by atoms with Crippen molar-refractivity contribution in [1.82, 2.24) is 15.0 Å². The molecule has 5 rings (SSSR count). The number of epoxide rings is 1. The number of hydrogen-bond acceptors (Lipinski definition) is 6. The van der Waals surface area contributed by atoms with E-state index in [-0.39, 0.29) is 11.9 Å². The van der Waals surface area contributed by atoms with Crippen LogP contribution in [-0.2, 0) is 4.74 Å². The molecule has 0 radical (unpaired) electrons. The van der Waals surface area contributed by atoms with Gasteiger partial charge >= 0.3 is 0 Å². The number of aromatic hydroxyl groups is 1. The average Bonchev–Trinajstić information content (AvgIpc) is 3.62. The number of aromatic nitrogens is 3. The fourth-order valence-electron chi connectivity index (χ4n) is 4.01. The van der Waals surface area contributed by atoms with Gasteiger partial charge in [0.2, 0.25) is 0 Å². The number of aryl methyl sites for hydroxylation is 4. The van der Waals surface area contributed by atoms with E-state index >= 15 is 0 Å². The highest BCUT2D eigenvalue weighted by atomic mass is 16.6. The maximum Gasteiger partial charge on any atom is 0.167 e. The summed E-state index contributed by atoms with van der Waals surface area (Å²) < 4.78 is 10.9. The summed E-state index contributed by atoms with van der Waals surface area (Å²) in [5.41, 5.74) is 6.91. The fourth-order valence-corrected chi connectivity index (χ4v) is 4.01. The molecule has 0 bridgehead atoms. The number of phenolic OH excluding ortho intramolecular Hbond substituents is 1. The number of nitrogens with zero attached hydrogens (tertiary/aromatic N) is 3. The first kappa shape index (κ1) is 22.0. The van der Waals surface area contributed by atoms with E-state index in [0.717, 1.165) is 28.9 Å². The molecule has 0 aliphatic carbocycles. The molecular weight excluding hydrogens is 426 g/mol. The lowest BCUT2D eigenvalue weighted by Gasteiger charge is -2.13. The Hall–Kier alpha value is -3.77. The summed E-state index contributed by atoms with van der Waals surface area (Å²) in [6, 6.07) is 17.6. The maximum absolute atomic E-state index is 10.8. The van der Waals surface area contributed by atoms with E-state index in [1.165, 1.54) is 11.1 Å². The molecular formula is C28H27N3O3. The Morgan fingerprint density at radius 3 is 1.74 bits per heavy atom.